The van der Waals surface area contributed by atoms with Gasteiger partial charge in [-0.1, -0.05) is 17.7 Å². The summed E-state index contributed by atoms with van der Waals surface area (Å²) in [7, 11) is 4.33. The largest absolute Gasteiger partial charge is 0.384 e. The van der Waals surface area contributed by atoms with Crippen molar-refractivity contribution in [2.24, 2.45) is 0 Å². The topological polar surface area (TPSA) is 15.3 Å². The number of anilines is 1. The molecule has 1 N–H and O–H groups in total. The molecule has 1 aliphatic rings. The van der Waals surface area contributed by atoms with E-state index < -0.39 is 0 Å². The number of aryl methyl sites for hydroxylation is 2. The number of rotatable bonds is 1. The van der Waals surface area contributed by atoms with Crippen molar-refractivity contribution < 1.29 is 0 Å². The van der Waals surface area contributed by atoms with Crippen LogP contribution in [0.1, 0.15) is 29.2 Å². The summed E-state index contributed by atoms with van der Waals surface area (Å²) in [4.78, 5) is 2.32. The molecule has 0 aliphatic carbocycles. The van der Waals surface area contributed by atoms with Crippen LogP contribution in [0.3, 0.4) is 0 Å². The normalized spacial score (nSPS) is 19.9. The van der Waals surface area contributed by atoms with Crippen LogP contribution >= 0.6 is 0 Å². The van der Waals surface area contributed by atoms with Crippen LogP contribution in [-0.4, -0.2) is 25.5 Å². The molecular formula is C13H20N2. The summed E-state index contributed by atoms with van der Waals surface area (Å²) in [6.45, 7) is 5.45. The Morgan fingerprint density at radius 1 is 1.27 bits per heavy atom. The van der Waals surface area contributed by atoms with Gasteiger partial charge in [-0.3, -0.25) is 0 Å². The van der Waals surface area contributed by atoms with Crippen molar-refractivity contribution >= 4 is 5.69 Å². The Labute approximate surface area is 92.3 Å². The SMILES string of the molecule is Cc1cc(C)c2c(c1)C(N(C)C)CCN2. The molecule has 0 amide bonds. The van der Waals surface area contributed by atoms with Crippen molar-refractivity contribution in [3.63, 3.8) is 0 Å². The molecule has 1 atom stereocenters. The highest BCUT2D eigenvalue weighted by Gasteiger charge is 2.22. The maximum Gasteiger partial charge on any atom is 0.0418 e. The van der Waals surface area contributed by atoms with Crippen molar-refractivity contribution in [2.75, 3.05) is 26.0 Å². The Morgan fingerprint density at radius 3 is 2.67 bits per heavy atom. The summed E-state index contributed by atoms with van der Waals surface area (Å²) in [5, 5.41) is 3.52. The van der Waals surface area contributed by atoms with Crippen LogP contribution in [0.25, 0.3) is 0 Å². The van der Waals surface area contributed by atoms with Gasteiger partial charge in [0.25, 0.3) is 0 Å². The number of nitrogens with one attached hydrogen (secondary N) is 1. The predicted molar refractivity (Wildman–Crippen MR) is 65.5 cm³/mol. The van der Waals surface area contributed by atoms with E-state index in [1.807, 2.05) is 0 Å². The molecule has 0 spiro atoms. The van der Waals surface area contributed by atoms with E-state index in [1.54, 1.807) is 0 Å². The van der Waals surface area contributed by atoms with Gasteiger partial charge in [0, 0.05) is 18.3 Å². The third kappa shape index (κ3) is 1.86. The number of hydrogen-bond acceptors (Lipinski definition) is 2. The van der Waals surface area contributed by atoms with Gasteiger partial charge >= 0.3 is 0 Å². The Kier molecular flexibility index (Phi) is 2.70. The highest BCUT2D eigenvalue weighted by Crippen LogP contribution is 2.35. The maximum absolute atomic E-state index is 3.52. The van der Waals surface area contributed by atoms with Crippen molar-refractivity contribution in [3.8, 4) is 0 Å². The van der Waals surface area contributed by atoms with Gasteiger partial charge in [0.1, 0.15) is 0 Å². The van der Waals surface area contributed by atoms with Crippen LogP contribution in [0, 0.1) is 13.8 Å². The summed E-state index contributed by atoms with van der Waals surface area (Å²) < 4.78 is 0. The molecule has 82 valence electrons. The zero-order chi connectivity index (χ0) is 11.0. The van der Waals surface area contributed by atoms with E-state index in [0.717, 1.165) is 6.54 Å². The lowest BCUT2D eigenvalue weighted by atomic mass is 9.93. The molecule has 1 unspecified atom stereocenters. The molecule has 15 heavy (non-hydrogen) atoms. The second kappa shape index (κ2) is 3.86. The summed E-state index contributed by atoms with van der Waals surface area (Å²) in [6.07, 6.45) is 1.20. The van der Waals surface area contributed by atoms with Crippen LogP contribution in [0.15, 0.2) is 12.1 Å². The molecule has 1 aromatic carbocycles. The second-order valence-corrected chi connectivity index (χ2v) is 4.74. The van der Waals surface area contributed by atoms with Gasteiger partial charge in [-0.05, 0) is 45.5 Å². The lowest BCUT2D eigenvalue weighted by molar-refractivity contribution is 0.284. The quantitative estimate of drug-likeness (QED) is 0.756. The van der Waals surface area contributed by atoms with E-state index in [2.05, 4.69) is 50.3 Å². The average Bonchev–Trinajstić information content (AvgIpc) is 2.16. The smallest absolute Gasteiger partial charge is 0.0418 e. The summed E-state index contributed by atoms with van der Waals surface area (Å²) in [5.74, 6) is 0. The molecule has 2 nitrogen and oxygen atoms in total. The van der Waals surface area contributed by atoms with E-state index >= 15 is 0 Å². The van der Waals surface area contributed by atoms with Gasteiger partial charge in [-0.2, -0.15) is 0 Å². The van der Waals surface area contributed by atoms with Gasteiger partial charge in [-0.15, -0.1) is 0 Å². The minimum Gasteiger partial charge on any atom is -0.384 e. The summed E-state index contributed by atoms with van der Waals surface area (Å²) in [5.41, 5.74) is 5.55. The molecule has 0 saturated carbocycles. The van der Waals surface area contributed by atoms with E-state index in [-0.39, 0.29) is 0 Å². The van der Waals surface area contributed by atoms with Crippen molar-refractivity contribution in [1.82, 2.24) is 4.90 Å². The van der Waals surface area contributed by atoms with E-state index in [4.69, 9.17) is 0 Å². The number of hydrogen-bond donors (Lipinski definition) is 1. The first kappa shape index (κ1) is 10.5. The molecule has 0 saturated heterocycles. The summed E-state index contributed by atoms with van der Waals surface area (Å²) in [6, 6.07) is 5.14. The molecule has 1 heterocycles. The molecular weight excluding hydrogens is 184 g/mol. The van der Waals surface area contributed by atoms with Crippen molar-refractivity contribution in [2.45, 2.75) is 26.3 Å². The Balaban J connectivity index is 2.50. The van der Waals surface area contributed by atoms with E-state index in [0.29, 0.717) is 6.04 Å². The second-order valence-electron chi connectivity index (χ2n) is 4.74. The van der Waals surface area contributed by atoms with Gasteiger partial charge < -0.3 is 10.2 Å². The van der Waals surface area contributed by atoms with Crippen molar-refractivity contribution in [1.29, 1.82) is 0 Å². The Morgan fingerprint density at radius 2 is 2.00 bits per heavy atom. The van der Waals surface area contributed by atoms with Crippen LogP contribution in [-0.2, 0) is 0 Å². The molecule has 1 aromatic rings. The van der Waals surface area contributed by atoms with E-state index in [9.17, 15) is 0 Å². The molecule has 0 bridgehead atoms. The number of benzene rings is 1. The van der Waals surface area contributed by atoms with Crippen LogP contribution in [0.4, 0.5) is 5.69 Å². The lowest BCUT2D eigenvalue weighted by Gasteiger charge is -2.32. The number of fused-ring (bicyclic) bond motifs is 1. The third-order valence-electron chi connectivity index (χ3n) is 3.21. The van der Waals surface area contributed by atoms with Crippen LogP contribution in [0.2, 0.25) is 0 Å². The fourth-order valence-corrected chi connectivity index (χ4v) is 2.53. The van der Waals surface area contributed by atoms with Gasteiger partial charge in [-0.25, -0.2) is 0 Å². The summed E-state index contributed by atoms with van der Waals surface area (Å²) >= 11 is 0. The average molecular weight is 204 g/mol. The van der Waals surface area contributed by atoms with Crippen molar-refractivity contribution in [3.05, 3.63) is 28.8 Å². The molecule has 2 rings (SSSR count). The highest BCUT2D eigenvalue weighted by molar-refractivity contribution is 5.61. The zero-order valence-corrected chi connectivity index (χ0v) is 10.1. The first-order valence-electron chi connectivity index (χ1n) is 5.61. The van der Waals surface area contributed by atoms with Gasteiger partial charge in [0.2, 0.25) is 0 Å². The standard InChI is InChI=1S/C13H20N2/c1-9-7-10(2)13-11(8-9)12(15(3)4)5-6-14-13/h7-8,12,14H,5-6H2,1-4H3. The minimum absolute atomic E-state index is 0.569. The Hall–Kier alpha value is -1.02. The zero-order valence-electron chi connectivity index (χ0n) is 10.1. The first-order valence-corrected chi connectivity index (χ1v) is 5.61. The molecule has 2 heteroatoms. The predicted octanol–water partition coefficient (Wildman–Crippen LogP) is 2.72. The highest BCUT2D eigenvalue weighted by atomic mass is 15.1. The molecule has 0 radical (unpaired) electrons. The number of nitrogens with zero attached hydrogens (tertiary/aromatic N) is 1. The van der Waals surface area contributed by atoms with Gasteiger partial charge in [0.05, 0.1) is 0 Å². The molecule has 0 fully saturated rings. The Bertz CT molecular complexity index is 369. The van der Waals surface area contributed by atoms with Gasteiger partial charge in [0.15, 0.2) is 0 Å². The third-order valence-corrected chi connectivity index (χ3v) is 3.21. The monoisotopic (exact) mass is 204 g/mol. The van der Waals surface area contributed by atoms with Crippen LogP contribution < -0.4 is 5.32 Å². The minimum atomic E-state index is 0.569. The molecule has 0 aromatic heterocycles. The lowest BCUT2D eigenvalue weighted by Crippen LogP contribution is -2.28. The molecule has 1 aliphatic heterocycles. The fraction of sp³-hybridized carbons (Fsp3) is 0.538. The van der Waals surface area contributed by atoms with E-state index in [1.165, 1.54) is 28.8 Å². The fourth-order valence-electron chi connectivity index (χ4n) is 2.53. The maximum atomic E-state index is 3.52. The first-order chi connectivity index (χ1) is 7.09. The van der Waals surface area contributed by atoms with Crippen LogP contribution in [0.5, 0.6) is 0 Å².